The average molecular weight is 182 g/mol. The average Bonchev–Trinajstić information content (AvgIpc) is 2.08. The van der Waals surface area contributed by atoms with Crippen LogP contribution in [-0.4, -0.2) is 30.6 Å². The molecule has 0 bridgehead atoms. The van der Waals surface area contributed by atoms with Gasteiger partial charge in [0.2, 0.25) is 0 Å². The molecule has 0 saturated carbocycles. The monoisotopic (exact) mass is 182 g/mol. The van der Waals surface area contributed by atoms with E-state index in [0.717, 1.165) is 0 Å². The molecule has 76 valence electrons. The van der Waals surface area contributed by atoms with Crippen LogP contribution in [0.15, 0.2) is 11.8 Å². The number of rotatable bonds is 2. The second-order valence-electron chi connectivity index (χ2n) is 4.32. The van der Waals surface area contributed by atoms with Gasteiger partial charge in [0.25, 0.3) is 0 Å². The summed E-state index contributed by atoms with van der Waals surface area (Å²) < 4.78 is 0. The van der Waals surface area contributed by atoms with Crippen LogP contribution in [0.4, 0.5) is 0 Å². The highest BCUT2D eigenvalue weighted by molar-refractivity contribution is 5.13. The topological polar surface area (TPSA) is 15.3 Å². The Bertz CT molecular complexity index is 196. The molecule has 0 aliphatic carbocycles. The molecule has 1 heterocycles. The Hall–Kier alpha value is -0.500. The van der Waals surface area contributed by atoms with Crippen LogP contribution >= 0.6 is 0 Å². The molecule has 0 spiro atoms. The molecule has 2 atom stereocenters. The molecular formula is C11H22N2. The maximum absolute atomic E-state index is 3.29. The van der Waals surface area contributed by atoms with Crippen molar-refractivity contribution in [3.05, 3.63) is 11.8 Å². The Morgan fingerprint density at radius 1 is 1.46 bits per heavy atom. The van der Waals surface area contributed by atoms with Crippen LogP contribution in [0.3, 0.4) is 0 Å². The molecule has 0 fully saturated rings. The first-order valence-corrected chi connectivity index (χ1v) is 5.21. The summed E-state index contributed by atoms with van der Waals surface area (Å²) in [6.45, 7) is 10.3. The molecule has 0 radical (unpaired) electrons. The van der Waals surface area contributed by atoms with Crippen LogP contribution < -0.4 is 5.32 Å². The van der Waals surface area contributed by atoms with E-state index in [2.05, 4.69) is 44.0 Å². The van der Waals surface area contributed by atoms with Gasteiger partial charge in [-0.1, -0.05) is 13.0 Å². The van der Waals surface area contributed by atoms with Crippen molar-refractivity contribution in [3.63, 3.8) is 0 Å². The van der Waals surface area contributed by atoms with Crippen molar-refractivity contribution in [2.75, 3.05) is 13.6 Å². The predicted octanol–water partition coefficient (Wildman–Crippen LogP) is 1.84. The third-order valence-electron chi connectivity index (χ3n) is 2.86. The van der Waals surface area contributed by atoms with Crippen molar-refractivity contribution in [1.82, 2.24) is 10.2 Å². The Balaban J connectivity index is 2.78. The summed E-state index contributed by atoms with van der Waals surface area (Å²) in [7, 11) is 2.01. The zero-order chi connectivity index (χ0) is 10.0. The SMILES string of the molecule is CNC1=CC(C)CN(C(C)C)C1C. The van der Waals surface area contributed by atoms with Gasteiger partial charge in [0.1, 0.15) is 0 Å². The van der Waals surface area contributed by atoms with Gasteiger partial charge in [-0.25, -0.2) is 0 Å². The molecular weight excluding hydrogens is 160 g/mol. The van der Waals surface area contributed by atoms with Crippen LogP contribution in [-0.2, 0) is 0 Å². The highest BCUT2D eigenvalue weighted by Gasteiger charge is 2.25. The van der Waals surface area contributed by atoms with Crippen LogP contribution in [0.5, 0.6) is 0 Å². The smallest absolute Gasteiger partial charge is 0.0466 e. The third-order valence-corrected chi connectivity index (χ3v) is 2.86. The zero-order valence-corrected chi connectivity index (χ0v) is 9.46. The molecule has 1 aliphatic rings. The minimum absolute atomic E-state index is 0.543. The summed E-state index contributed by atoms with van der Waals surface area (Å²) in [5, 5.41) is 3.29. The number of hydrogen-bond donors (Lipinski definition) is 1. The molecule has 1 rings (SSSR count). The van der Waals surface area contributed by atoms with Crippen molar-refractivity contribution in [2.24, 2.45) is 5.92 Å². The second kappa shape index (κ2) is 4.14. The Kier molecular flexibility index (Phi) is 3.37. The van der Waals surface area contributed by atoms with E-state index in [1.165, 1.54) is 12.2 Å². The van der Waals surface area contributed by atoms with E-state index in [9.17, 15) is 0 Å². The molecule has 13 heavy (non-hydrogen) atoms. The lowest BCUT2D eigenvalue weighted by Crippen LogP contribution is -2.47. The lowest BCUT2D eigenvalue weighted by molar-refractivity contribution is 0.152. The first-order chi connectivity index (χ1) is 6.06. The largest absolute Gasteiger partial charge is 0.390 e. The number of hydrogen-bond acceptors (Lipinski definition) is 2. The van der Waals surface area contributed by atoms with Crippen molar-refractivity contribution in [2.45, 2.75) is 39.8 Å². The fourth-order valence-corrected chi connectivity index (χ4v) is 2.12. The predicted molar refractivity (Wildman–Crippen MR) is 57.6 cm³/mol. The maximum Gasteiger partial charge on any atom is 0.0466 e. The van der Waals surface area contributed by atoms with Gasteiger partial charge in [-0.05, 0) is 26.7 Å². The summed E-state index contributed by atoms with van der Waals surface area (Å²) in [5.41, 5.74) is 1.37. The quantitative estimate of drug-likeness (QED) is 0.701. The van der Waals surface area contributed by atoms with E-state index in [0.29, 0.717) is 18.0 Å². The van der Waals surface area contributed by atoms with Crippen LogP contribution in [0, 0.1) is 5.92 Å². The lowest BCUT2D eigenvalue weighted by atomic mass is 9.98. The zero-order valence-electron chi connectivity index (χ0n) is 9.46. The summed E-state index contributed by atoms with van der Waals surface area (Å²) >= 11 is 0. The van der Waals surface area contributed by atoms with E-state index in [-0.39, 0.29) is 0 Å². The molecule has 2 heteroatoms. The summed E-state index contributed by atoms with van der Waals surface area (Å²) in [4.78, 5) is 2.54. The van der Waals surface area contributed by atoms with E-state index in [1.54, 1.807) is 0 Å². The van der Waals surface area contributed by atoms with Crippen molar-refractivity contribution in [3.8, 4) is 0 Å². The fourth-order valence-electron chi connectivity index (χ4n) is 2.12. The van der Waals surface area contributed by atoms with Gasteiger partial charge in [0.05, 0.1) is 0 Å². The molecule has 0 aromatic carbocycles. The van der Waals surface area contributed by atoms with Crippen molar-refractivity contribution in [1.29, 1.82) is 0 Å². The molecule has 0 saturated heterocycles. The molecule has 0 aromatic rings. The highest BCUT2D eigenvalue weighted by Crippen LogP contribution is 2.21. The first kappa shape index (κ1) is 10.6. The minimum atomic E-state index is 0.543. The summed E-state index contributed by atoms with van der Waals surface area (Å²) in [5.74, 6) is 0.668. The van der Waals surface area contributed by atoms with Gasteiger partial charge in [-0.3, -0.25) is 4.90 Å². The van der Waals surface area contributed by atoms with Gasteiger partial charge in [0, 0.05) is 31.4 Å². The molecule has 0 amide bonds. The van der Waals surface area contributed by atoms with E-state index >= 15 is 0 Å². The van der Waals surface area contributed by atoms with Crippen LogP contribution in [0.25, 0.3) is 0 Å². The number of nitrogens with one attached hydrogen (secondary N) is 1. The van der Waals surface area contributed by atoms with Gasteiger partial charge in [0.15, 0.2) is 0 Å². The minimum Gasteiger partial charge on any atom is -0.390 e. The van der Waals surface area contributed by atoms with Crippen molar-refractivity contribution < 1.29 is 0 Å². The Labute approximate surface area is 82.0 Å². The standard InChI is InChI=1S/C11H22N2/c1-8(2)13-7-9(3)6-11(12-5)10(13)4/h6,8-10,12H,7H2,1-5H3. The number of likely N-dealkylation sites (N-methyl/N-ethyl adjacent to an activating group) is 1. The van der Waals surface area contributed by atoms with Gasteiger partial charge in [-0.2, -0.15) is 0 Å². The highest BCUT2D eigenvalue weighted by atomic mass is 15.2. The van der Waals surface area contributed by atoms with E-state index in [4.69, 9.17) is 0 Å². The van der Waals surface area contributed by atoms with Crippen LogP contribution in [0.1, 0.15) is 27.7 Å². The Morgan fingerprint density at radius 2 is 2.08 bits per heavy atom. The fraction of sp³-hybridized carbons (Fsp3) is 0.818. The molecule has 2 unspecified atom stereocenters. The molecule has 0 aromatic heterocycles. The Morgan fingerprint density at radius 3 is 2.54 bits per heavy atom. The van der Waals surface area contributed by atoms with E-state index in [1.807, 2.05) is 7.05 Å². The maximum atomic E-state index is 3.29. The normalized spacial score (nSPS) is 30.5. The first-order valence-electron chi connectivity index (χ1n) is 5.21. The van der Waals surface area contributed by atoms with Gasteiger partial charge in [-0.15, -0.1) is 0 Å². The van der Waals surface area contributed by atoms with Gasteiger partial charge >= 0.3 is 0 Å². The van der Waals surface area contributed by atoms with Crippen molar-refractivity contribution >= 4 is 0 Å². The van der Waals surface area contributed by atoms with E-state index < -0.39 is 0 Å². The second-order valence-corrected chi connectivity index (χ2v) is 4.32. The summed E-state index contributed by atoms with van der Waals surface area (Å²) in [6, 6.07) is 1.18. The third kappa shape index (κ3) is 2.25. The molecule has 1 aliphatic heterocycles. The summed E-state index contributed by atoms with van der Waals surface area (Å²) in [6.07, 6.45) is 2.35. The van der Waals surface area contributed by atoms with Gasteiger partial charge < -0.3 is 5.32 Å². The van der Waals surface area contributed by atoms with Crippen LogP contribution in [0.2, 0.25) is 0 Å². The lowest BCUT2D eigenvalue weighted by Gasteiger charge is -2.39. The molecule has 2 nitrogen and oxygen atoms in total. The number of nitrogens with zero attached hydrogens (tertiary/aromatic N) is 1. The molecule has 1 N–H and O–H groups in total.